The van der Waals surface area contributed by atoms with Gasteiger partial charge in [0.1, 0.15) is 29.8 Å². The number of aromatic nitrogens is 3. The van der Waals surface area contributed by atoms with E-state index in [0.29, 0.717) is 28.8 Å². The van der Waals surface area contributed by atoms with Crippen molar-refractivity contribution in [2.45, 2.75) is 13.0 Å². The molecule has 3 aromatic rings. The van der Waals surface area contributed by atoms with E-state index in [-0.39, 0.29) is 5.91 Å². The van der Waals surface area contributed by atoms with Crippen LogP contribution in [-0.2, 0) is 4.79 Å². The van der Waals surface area contributed by atoms with Crippen LogP contribution < -0.4 is 14.8 Å². The van der Waals surface area contributed by atoms with Gasteiger partial charge in [0.2, 0.25) is 11.9 Å². The molecule has 0 spiro atoms. The Balaban J connectivity index is 1.78. The minimum absolute atomic E-state index is 0.215. The van der Waals surface area contributed by atoms with Gasteiger partial charge in [0.15, 0.2) is 0 Å². The first-order valence-corrected chi connectivity index (χ1v) is 9.15. The number of methoxy groups -OCH3 is 2. The molecule has 0 saturated heterocycles. The Kier molecular flexibility index (Phi) is 4.99. The quantitative estimate of drug-likeness (QED) is 0.721. The van der Waals surface area contributed by atoms with Crippen LogP contribution in [0.4, 0.5) is 11.6 Å². The number of hydrogen-bond acceptors (Lipinski definition) is 6. The van der Waals surface area contributed by atoms with Crippen molar-refractivity contribution in [1.29, 1.82) is 0 Å². The van der Waals surface area contributed by atoms with Crippen molar-refractivity contribution in [3.8, 4) is 11.5 Å². The molecule has 1 aromatic heterocycles. The number of amides is 1. The smallest absolute Gasteiger partial charge is 0.248 e. The van der Waals surface area contributed by atoms with Crippen LogP contribution in [0.25, 0.3) is 0 Å². The van der Waals surface area contributed by atoms with Crippen LogP contribution in [0.15, 0.2) is 59.9 Å². The Bertz CT molecular complexity index is 1080. The van der Waals surface area contributed by atoms with Gasteiger partial charge in [0.25, 0.3) is 0 Å². The number of nitrogens with zero attached hydrogens (tertiary/aromatic N) is 4. The van der Waals surface area contributed by atoms with E-state index >= 15 is 0 Å². The Morgan fingerprint density at radius 3 is 2.48 bits per heavy atom. The molecule has 8 nitrogen and oxygen atoms in total. The molecule has 2 atom stereocenters. The third kappa shape index (κ3) is 3.33. The summed E-state index contributed by atoms with van der Waals surface area (Å²) in [5.41, 5.74) is 2.07. The number of ether oxygens (including phenoxy) is 2. The lowest BCUT2D eigenvalue weighted by Gasteiger charge is -2.31. The fourth-order valence-corrected chi connectivity index (χ4v) is 3.63. The number of carbonyl (C=O) groups is 1. The van der Waals surface area contributed by atoms with Crippen LogP contribution >= 0.6 is 0 Å². The van der Waals surface area contributed by atoms with E-state index in [4.69, 9.17) is 9.47 Å². The molecule has 1 N–H and O–H groups in total. The van der Waals surface area contributed by atoms with E-state index in [2.05, 4.69) is 20.4 Å². The molecule has 2 unspecified atom stereocenters. The molecule has 0 radical (unpaired) electrons. The van der Waals surface area contributed by atoms with Gasteiger partial charge < -0.3 is 14.8 Å². The zero-order chi connectivity index (χ0) is 20.4. The zero-order valence-electron chi connectivity index (χ0n) is 16.4. The van der Waals surface area contributed by atoms with Crippen molar-refractivity contribution in [2.75, 3.05) is 19.5 Å². The molecule has 4 rings (SSSR count). The lowest BCUT2D eigenvalue weighted by atomic mass is 9.87. The number of anilines is 1. The van der Waals surface area contributed by atoms with Gasteiger partial charge >= 0.3 is 0 Å². The second-order valence-electron chi connectivity index (χ2n) is 6.61. The van der Waals surface area contributed by atoms with Crippen LogP contribution in [-0.4, -0.2) is 40.6 Å². The monoisotopic (exact) mass is 391 g/mol. The van der Waals surface area contributed by atoms with E-state index in [9.17, 15) is 4.79 Å². The standard InChI is InChI=1S/C21H21N5O3/c1-13-18(20(27)25-15-9-5-7-11-17(15)29-3)19(26-21(24-13)22-12-23-26)14-8-4-6-10-16(14)28-2/h4-12,18-19H,1-3H3,(H,25,27). The lowest BCUT2D eigenvalue weighted by Crippen LogP contribution is -2.39. The molecule has 2 heterocycles. The third-order valence-corrected chi connectivity index (χ3v) is 4.96. The van der Waals surface area contributed by atoms with Gasteiger partial charge in [-0.1, -0.05) is 30.3 Å². The number of aliphatic imine (C=N–C) groups is 1. The second-order valence-corrected chi connectivity index (χ2v) is 6.61. The first-order valence-electron chi connectivity index (χ1n) is 9.15. The average molecular weight is 391 g/mol. The van der Waals surface area contributed by atoms with Crippen LogP contribution in [0.3, 0.4) is 0 Å². The van der Waals surface area contributed by atoms with E-state index in [1.807, 2.05) is 43.3 Å². The molecule has 8 heteroatoms. The Labute approximate surface area is 168 Å². The van der Waals surface area contributed by atoms with Crippen molar-refractivity contribution >= 4 is 23.3 Å². The highest BCUT2D eigenvalue weighted by Crippen LogP contribution is 2.39. The zero-order valence-corrected chi connectivity index (χ0v) is 16.4. The van der Waals surface area contributed by atoms with Crippen LogP contribution in [0, 0.1) is 5.92 Å². The van der Waals surface area contributed by atoms with E-state index in [0.717, 1.165) is 5.56 Å². The van der Waals surface area contributed by atoms with Crippen molar-refractivity contribution in [3.63, 3.8) is 0 Å². The molecular weight excluding hydrogens is 370 g/mol. The largest absolute Gasteiger partial charge is 0.496 e. The molecule has 2 aromatic carbocycles. The summed E-state index contributed by atoms with van der Waals surface area (Å²) in [7, 11) is 3.17. The lowest BCUT2D eigenvalue weighted by molar-refractivity contribution is -0.118. The summed E-state index contributed by atoms with van der Waals surface area (Å²) < 4.78 is 12.6. The van der Waals surface area contributed by atoms with Crippen LogP contribution in [0.2, 0.25) is 0 Å². The minimum Gasteiger partial charge on any atom is -0.496 e. The third-order valence-electron chi connectivity index (χ3n) is 4.96. The topological polar surface area (TPSA) is 90.6 Å². The molecule has 29 heavy (non-hydrogen) atoms. The predicted octanol–water partition coefficient (Wildman–Crippen LogP) is 3.25. The summed E-state index contributed by atoms with van der Waals surface area (Å²) in [6.45, 7) is 1.83. The van der Waals surface area contributed by atoms with Gasteiger partial charge in [-0.15, -0.1) is 0 Å². The molecule has 0 fully saturated rings. The number of carbonyl (C=O) groups excluding carboxylic acids is 1. The van der Waals surface area contributed by atoms with Crippen molar-refractivity contribution in [1.82, 2.24) is 14.8 Å². The summed E-state index contributed by atoms with van der Waals surface area (Å²) in [5, 5.41) is 7.31. The summed E-state index contributed by atoms with van der Waals surface area (Å²) in [4.78, 5) is 22.1. The molecular formula is C21H21N5O3. The van der Waals surface area contributed by atoms with Crippen molar-refractivity contribution in [2.24, 2.45) is 10.9 Å². The number of rotatable bonds is 5. The summed E-state index contributed by atoms with van der Waals surface area (Å²) in [6, 6.07) is 14.4. The van der Waals surface area contributed by atoms with Gasteiger partial charge in [0, 0.05) is 11.3 Å². The molecule has 1 amide bonds. The predicted molar refractivity (Wildman–Crippen MR) is 109 cm³/mol. The van der Waals surface area contributed by atoms with Crippen molar-refractivity contribution in [3.05, 3.63) is 60.4 Å². The van der Waals surface area contributed by atoms with E-state index in [1.165, 1.54) is 6.33 Å². The number of fused-ring (bicyclic) bond motifs is 1. The van der Waals surface area contributed by atoms with E-state index in [1.54, 1.807) is 31.0 Å². The summed E-state index contributed by atoms with van der Waals surface area (Å²) >= 11 is 0. The molecule has 0 aliphatic carbocycles. The Morgan fingerprint density at radius 2 is 1.72 bits per heavy atom. The first kappa shape index (κ1) is 18.7. The Hall–Kier alpha value is -3.68. The van der Waals surface area contributed by atoms with Crippen molar-refractivity contribution < 1.29 is 14.3 Å². The van der Waals surface area contributed by atoms with Gasteiger partial charge in [0.05, 0.1) is 19.9 Å². The fraction of sp³-hybridized carbons (Fsp3) is 0.238. The van der Waals surface area contributed by atoms with E-state index < -0.39 is 12.0 Å². The highest BCUT2D eigenvalue weighted by Gasteiger charge is 2.40. The van der Waals surface area contributed by atoms with Gasteiger partial charge in [-0.2, -0.15) is 10.1 Å². The number of para-hydroxylation sites is 3. The maximum atomic E-state index is 13.4. The molecule has 1 aliphatic heterocycles. The molecule has 0 bridgehead atoms. The van der Waals surface area contributed by atoms with Gasteiger partial charge in [-0.05, 0) is 25.1 Å². The average Bonchev–Trinajstić information content (AvgIpc) is 3.21. The second kappa shape index (κ2) is 7.75. The SMILES string of the molecule is COc1ccccc1NC(=O)C1C(C)=Nc2ncnn2C1c1ccccc1OC. The molecule has 148 valence electrons. The van der Waals surface area contributed by atoms with Gasteiger partial charge in [-0.25, -0.2) is 9.67 Å². The number of nitrogens with one attached hydrogen (secondary N) is 1. The maximum Gasteiger partial charge on any atom is 0.248 e. The molecule has 1 aliphatic rings. The maximum absolute atomic E-state index is 13.4. The normalized spacial score (nSPS) is 17.8. The minimum atomic E-state index is -0.606. The highest BCUT2D eigenvalue weighted by atomic mass is 16.5. The summed E-state index contributed by atoms with van der Waals surface area (Å²) in [6.07, 6.45) is 1.44. The van der Waals surface area contributed by atoms with Crippen LogP contribution in [0.1, 0.15) is 18.5 Å². The Morgan fingerprint density at radius 1 is 1.03 bits per heavy atom. The molecule has 0 saturated carbocycles. The number of hydrogen-bond donors (Lipinski definition) is 1. The summed E-state index contributed by atoms with van der Waals surface area (Å²) in [5.74, 6) is 0.892. The fourth-order valence-electron chi connectivity index (χ4n) is 3.63. The number of benzene rings is 2. The highest BCUT2D eigenvalue weighted by molar-refractivity contribution is 6.10. The van der Waals surface area contributed by atoms with Crippen LogP contribution in [0.5, 0.6) is 11.5 Å². The van der Waals surface area contributed by atoms with Gasteiger partial charge in [-0.3, -0.25) is 4.79 Å². The first-order chi connectivity index (χ1) is 14.1.